The van der Waals surface area contributed by atoms with E-state index >= 15 is 0 Å². The van der Waals surface area contributed by atoms with Crippen LogP contribution in [0.1, 0.15) is 18.9 Å². The van der Waals surface area contributed by atoms with Gasteiger partial charge in [-0.2, -0.15) is 0 Å². The number of benzene rings is 1. The fourth-order valence-electron chi connectivity index (χ4n) is 2.60. The van der Waals surface area contributed by atoms with Crippen molar-refractivity contribution in [3.05, 3.63) is 35.9 Å². The summed E-state index contributed by atoms with van der Waals surface area (Å²) in [5, 5.41) is 2.78. The third kappa shape index (κ3) is 6.47. The summed E-state index contributed by atoms with van der Waals surface area (Å²) >= 11 is 0. The zero-order valence-corrected chi connectivity index (χ0v) is 16.4. The molecule has 1 aliphatic heterocycles. The number of nitrogens with two attached hydrogens (primary N) is 1. The molecule has 0 radical (unpaired) electrons. The van der Waals surface area contributed by atoms with Gasteiger partial charge in [0.2, 0.25) is 11.8 Å². The smallest absolute Gasteiger partial charge is 0.244 e. The maximum absolute atomic E-state index is 12.3. The molecule has 0 saturated carbocycles. The lowest BCUT2D eigenvalue weighted by atomic mass is 9.92. The second kappa shape index (κ2) is 10.6. The lowest BCUT2D eigenvalue weighted by Gasteiger charge is -2.32. The van der Waals surface area contributed by atoms with Crippen molar-refractivity contribution in [1.82, 2.24) is 15.1 Å². The minimum Gasteiger partial charge on any atom is -0.354 e. The minimum absolute atomic E-state index is 0. The first-order chi connectivity index (χ1) is 10.9. The number of halogens is 2. The number of nitrogens with one attached hydrogen (secondary N) is 1. The topological polar surface area (TPSA) is 78.7 Å². The van der Waals surface area contributed by atoms with Gasteiger partial charge in [0, 0.05) is 39.1 Å². The van der Waals surface area contributed by atoms with Crippen molar-refractivity contribution < 1.29 is 9.59 Å². The van der Waals surface area contributed by atoms with Gasteiger partial charge in [-0.05, 0) is 19.5 Å². The van der Waals surface area contributed by atoms with E-state index in [2.05, 4.69) is 10.2 Å². The lowest BCUT2D eigenvalue weighted by molar-refractivity contribution is -0.132. The van der Waals surface area contributed by atoms with E-state index in [1.165, 1.54) is 0 Å². The lowest BCUT2D eigenvalue weighted by Crippen LogP contribution is -2.50. The molecule has 1 aliphatic rings. The van der Waals surface area contributed by atoms with Crippen molar-refractivity contribution in [3.63, 3.8) is 0 Å². The van der Waals surface area contributed by atoms with E-state index in [-0.39, 0.29) is 36.6 Å². The number of amides is 2. The molecule has 1 saturated heterocycles. The standard InChI is InChI=1S/C17H26N4O2.2ClH/c1-17(18,14-6-4-3-5-7-14)16(23)19-9-8-15(22)21-12-10-20(2)11-13-21;;/h3-7H,8-13,18H2,1-2H3,(H,19,23);2*1H. The number of hydrogen-bond acceptors (Lipinski definition) is 4. The highest BCUT2D eigenvalue weighted by Gasteiger charge is 2.30. The summed E-state index contributed by atoms with van der Waals surface area (Å²) < 4.78 is 0. The number of nitrogens with zero attached hydrogens (tertiary/aromatic N) is 2. The van der Waals surface area contributed by atoms with Crippen LogP contribution in [-0.4, -0.2) is 61.4 Å². The molecular weight excluding hydrogens is 363 g/mol. The number of likely N-dealkylation sites (N-methyl/N-ethyl adjacent to an activating group) is 1. The van der Waals surface area contributed by atoms with Crippen LogP contribution in [-0.2, 0) is 15.1 Å². The van der Waals surface area contributed by atoms with E-state index in [9.17, 15) is 9.59 Å². The first kappa shape index (κ1) is 23.7. The van der Waals surface area contributed by atoms with Crippen LogP contribution in [0.5, 0.6) is 0 Å². The van der Waals surface area contributed by atoms with Gasteiger partial charge in [-0.15, -0.1) is 24.8 Å². The average molecular weight is 391 g/mol. The Balaban J connectivity index is 0.00000288. The molecule has 0 spiro atoms. The van der Waals surface area contributed by atoms with Gasteiger partial charge in [-0.1, -0.05) is 30.3 Å². The van der Waals surface area contributed by atoms with Crippen LogP contribution in [0.25, 0.3) is 0 Å². The average Bonchev–Trinajstić information content (AvgIpc) is 2.56. The summed E-state index contributed by atoms with van der Waals surface area (Å²) in [6.07, 6.45) is 0.306. The van der Waals surface area contributed by atoms with Crippen LogP contribution >= 0.6 is 24.8 Å². The summed E-state index contributed by atoms with van der Waals surface area (Å²) in [5.41, 5.74) is 5.80. The van der Waals surface area contributed by atoms with Crippen molar-refractivity contribution >= 4 is 36.6 Å². The minimum atomic E-state index is -1.10. The Labute approximate surface area is 161 Å². The summed E-state index contributed by atoms with van der Waals surface area (Å²) in [7, 11) is 2.05. The number of hydrogen-bond donors (Lipinski definition) is 2. The molecule has 1 heterocycles. The maximum Gasteiger partial charge on any atom is 0.244 e. The number of carbonyl (C=O) groups is 2. The van der Waals surface area contributed by atoms with E-state index in [0.717, 1.165) is 31.7 Å². The van der Waals surface area contributed by atoms with Gasteiger partial charge in [0.15, 0.2) is 0 Å². The van der Waals surface area contributed by atoms with Crippen LogP contribution in [0.2, 0.25) is 0 Å². The molecule has 1 unspecified atom stereocenters. The molecule has 1 fully saturated rings. The SMILES string of the molecule is CN1CCN(C(=O)CCNC(=O)C(C)(N)c2ccccc2)CC1.Cl.Cl. The van der Waals surface area contributed by atoms with E-state index in [4.69, 9.17) is 5.73 Å². The molecule has 0 aromatic heterocycles. The Bertz CT molecular complexity index is 547. The Kier molecular flexibility index (Phi) is 10.0. The predicted molar refractivity (Wildman–Crippen MR) is 104 cm³/mol. The molecule has 1 aromatic rings. The quantitative estimate of drug-likeness (QED) is 0.785. The third-order valence-corrected chi connectivity index (χ3v) is 4.33. The van der Waals surface area contributed by atoms with Crippen LogP contribution in [0.15, 0.2) is 30.3 Å². The Morgan fingerprint density at radius 3 is 2.24 bits per heavy atom. The van der Waals surface area contributed by atoms with Gasteiger partial charge in [0.1, 0.15) is 5.54 Å². The molecule has 142 valence electrons. The largest absolute Gasteiger partial charge is 0.354 e. The first-order valence-corrected chi connectivity index (χ1v) is 8.00. The second-order valence-corrected chi connectivity index (χ2v) is 6.26. The van der Waals surface area contributed by atoms with Crippen LogP contribution in [0.3, 0.4) is 0 Å². The Morgan fingerprint density at radius 2 is 1.68 bits per heavy atom. The summed E-state index contributed by atoms with van der Waals surface area (Å²) in [5.74, 6) is -0.188. The highest BCUT2D eigenvalue weighted by atomic mass is 35.5. The zero-order valence-electron chi connectivity index (χ0n) is 14.7. The van der Waals surface area contributed by atoms with Crippen LogP contribution in [0.4, 0.5) is 0 Å². The molecular formula is C17H28Cl2N4O2. The van der Waals surface area contributed by atoms with Crippen LogP contribution < -0.4 is 11.1 Å². The molecule has 1 atom stereocenters. The highest BCUT2D eigenvalue weighted by molar-refractivity contribution is 5.87. The fourth-order valence-corrected chi connectivity index (χ4v) is 2.60. The van der Waals surface area contributed by atoms with Gasteiger partial charge in [0.05, 0.1) is 0 Å². The third-order valence-electron chi connectivity index (χ3n) is 4.33. The molecule has 0 bridgehead atoms. The monoisotopic (exact) mass is 390 g/mol. The molecule has 2 rings (SSSR count). The normalized spacial score (nSPS) is 16.8. The zero-order chi connectivity index (χ0) is 16.9. The molecule has 1 aromatic carbocycles. The first-order valence-electron chi connectivity index (χ1n) is 8.00. The van der Waals surface area contributed by atoms with Crippen molar-refractivity contribution in [2.75, 3.05) is 39.8 Å². The second-order valence-electron chi connectivity index (χ2n) is 6.26. The van der Waals surface area contributed by atoms with Crippen molar-refractivity contribution in [2.45, 2.75) is 18.9 Å². The van der Waals surface area contributed by atoms with E-state index < -0.39 is 5.54 Å². The molecule has 25 heavy (non-hydrogen) atoms. The molecule has 0 aliphatic carbocycles. The van der Waals surface area contributed by atoms with E-state index in [0.29, 0.717) is 13.0 Å². The fraction of sp³-hybridized carbons (Fsp3) is 0.529. The number of rotatable bonds is 5. The highest BCUT2D eigenvalue weighted by Crippen LogP contribution is 2.17. The van der Waals surface area contributed by atoms with E-state index in [1.807, 2.05) is 42.3 Å². The van der Waals surface area contributed by atoms with Gasteiger partial charge in [-0.3, -0.25) is 9.59 Å². The number of piperazine rings is 1. The Hall–Kier alpha value is -1.34. The summed E-state index contributed by atoms with van der Waals surface area (Å²) in [6.45, 7) is 5.29. The van der Waals surface area contributed by atoms with Gasteiger partial charge >= 0.3 is 0 Å². The molecule has 6 nitrogen and oxygen atoms in total. The van der Waals surface area contributed by atoms with Crippen LogP contribution in [0, 0.1) is 0 Å². The van der Waals surface area contributed by atoms with Gasteiger partial charge < -0.3 is 20.9 Å². The maximum atomic E-state index is 12.3. The molecule has 2 amide bonds. The summed E-state index contributed by atoms with van der Waals surface area (Å²) in [6, 6.07) is 9.24. The Morgan fingerprint density at radius 1 is 1.12 bits per heavy atom. The van der Waals surface area contributed by atoms with Crippen molar-refractivity contribution in [3.8, 4) is 0 Å². The molecule has 8 heteroatoms. The predicted octanol–water partition coefficient (Wildman–Crippen LogP) is 0.984. The van der Waals surface area contributed by atoms with Crippen molar-refractivity contribution in [2.24, 2.45) is 5.73 Å². The van der Waals surface area contributed by atoms with Gasteiger partial charge in [-0.25, -0.2) is 0 Å². The van der Waals surface area contributed by atoms with Gasteiger partial charge in [0.25, 0.3) is 0 Å². The van der Waals surface area contributed by atoms with E-state index in [1.54, 1.807) is 6.92 Å². The number of carbonyl (C=O) groups excluding carboxylic acids is 2. The molecule has 3 N–H and O–H groups in total. The summed E-state index contributed by atoms with van der Waals surface area (Å²) in [4.78, 5) is 28.5. The van der Waals surface area contributed by atoms with Crippen molar-refractivity contribution in [1.29, 1.82) is 0 Å².